The molecule has 0 aromatic carbocycles. The van der Waals surface area contributed by atoms with Crippen molar-refractivity contribution in [3.63, 3.8) is 0 Å². The molecule has 0 radical (unpaired) electrons. The minimum Gasteiger partial charge on any atom is -0.361 e. The fourth-order valence-electron chi connectivity index (χ4n) is 2.70. The lowest BCUT2D eigenvalue weighted by Gasteiger charge is -2.21. The zero-order valence-electron chi connectivity index (χ0n) is 15.5. The number of allylic oxidation sites excluding steroid dienone is 2. The number of nitrogens with one attached hydrogen (secondary N) is 2. The van der Waals surface area contributed by atoms with E-state index in [2.05, 4.69) is 22.5 Å². The van der Waals surface area contributed by atoms with Gasteiger partial charge in [-0.25, -0.2) is 0 Å². The maximum atomic E-state index is 12.3. The Morgan fingerprint density at radius 3 is 2.54 bits per heavy atom. The minimum absolute atomic E-state index is 0.0124. The van der Waals surface area contributed by atoms with Gasteiger partial charge in [0.25, 0.3) is 0 Å². The number of rotatable bonds is 6. The molecule has 24 heavy (non-hydrogen) atoms. The SMILES string of the molecule is CC.CC[C@H](C)C(NC(=O)Cc1c[nH]c2c1C=CCC=C2)C(C)=O. The van der Waals surface area contributed by atoms with Crippen LogP contribution in [0, 0.1) is 5.92 Å². The molecule has 0 saturated heterocycles. The van der Waals surface area contributed by atoms with Gasteiger partial charge in [0.05, 0.1) is 12.5 Å². The summed E-state index contributed by atoms with van der Waals surface area (Å²) in [5, 5.41) is 2.88. The van der Waals surface area contributed by atoms with E-state index >= 15 is 0 Å². The zero-order valence-corrected chi connectivity index (χ0v) is 15.5. The Labute approximate surface area is 145 Å². The largest absolute Gasteiger partial charge is 0.361 e. The highest BCUT2D eigenvalue weighted by atomic mass is 16.2. The second-order valence-corrected chi connectivity index (χ2v) is 5.90. The Hall–Kier alpha value is -2.10. The van der Waals surface area contributed by atoms with E-state index in [1.165, 1.54) is 6.92 Å². The molecule has 1 amide bonds. The van der Waals surface area contributed by atoms with E-state index in [1.54, 1.807) is 0 Å². The second-order valence-electron chi connectivity index (χ2n) is 5.90. The van der Waals surface area contributed by atoms with Crippen molar-refractivity contribution < 1.29 is 9.59 Å². The molecule has 0 fully saturated rings. The summed E-state index contributed by atoms with van der Waals surface area (Å²) in [6.07, 6.45) is 12.2. The zero-order chi connectivity index (χ0) is 18.1. The second kappa shape index (κ2) is 9.91. The van der Waals surface area contributed by atoms with E-state index in [4.69, 9.17) is 0 Å². The van der Waals surface area contributed by atoms with Crippen molar-refractivity contribution in [1.82, 2.24) is 10.3 Å². The summed E-state index contributed by atoms with van der Waals surface area (Å²) in [6, 6.07) is -0.398. The van der Waals surface area contributed by atoms with Crippen LogP contribution in [0.1, 0.15) is 64.3 Å². The highest BCUT2D eigenvalue weighted by Crippen LogP contribution is 2.21. The molecule has 0 saturated carbocycles. The van der Waals surface area contributed by atoms with Gasteiger partial charge >= 0.3 is 0 Å². The van der Waals surface area contributed by atoms with Crippen LogP contribution in [0.15, 0.2) is 18.3 Å². The van der Waals surface area contributed by atoms with Crippen LogP contribution in [0.2, 0.25) is 0 Å². The third kappa shape index (κ3) is 5.22. The topological polar surface area (TPSA) is 62.0 Å². The van der Waals surface area contributed by atoms with Gasteiger partial charge in [-0.3, -0.25) is 9.59 Å². The van der Waals surface area contributed by atoms with E-state index in [1.807, 2.05) is 46.0 Å². The van der Waals surface area contributed by atoms with Crippen LogP contribution >= 0.6 is 0 Å². The number of amides is 1. The highest BCUT2D eigenvalue weighted by molar-refractivity contribution is 5.89. The van der Waals surface area contributed by atoms with Crippen molar-refractivity contribution in [2.24, 2.45) is 5.92 Å². The van der Waals surface area contributed by atoms with Crippen LogP contribution in [0.4, 0.5) is 0 Å². The van der Waals surface area contributed by atoms with Crippen molar-refractivity contribution in [1.29, 1.82) is 0 Å². The fraction of sp³-hybridized carbons (Fsp3) is 0.500. The number of aromatic nitrogens is 1. The van der Waals surface area contributed by atoms with Crippen LogP contribution in [0.5, 0.6) is 0 Å². The van der Waals surface area contributed by atoms with Crippen LogP contribution in [0.3, 0.4) is 0 Å². The summed E-state index contributed by atoms with van der Waals surface area (Å²) < 4.78 is 0. The minimum atomic E-state index is -0.398. The van der Waals surface area contributed by atoms with Crippen LogP contribution in [-0.4, -0.2) is 22.7 Å². The molecule has 2 N–H and O–H groups in total. The maximum Gasteiger partial charge on any atom is 0.225 e. The molecule has 1 aliphatic carbocycles. The van der Waals surface area contributed by atoms with E-state index < -0.39 is 6.04 Å². The first-order valence-corrected chi connectivity index (χ1v) is 8.86. The highest BCUT2D eigenvalue weighted by Gasteiger charge is 2.23. The van der Waals surface area contributed by atoms with Crippen molar-refractivity contribution >= 4 is 23.8 Å². The number of H-pyrrole nitrogens is 1. The van der Waals surface area contributed by atoms with Gasteiger partial charge < -0.3 is 10.3 Å². The van der Waals surface area contributed by atoms with E-state index in [0.717, 1.165) is 29.7 Å². The Morgan fingerprint density at radius 1 is 1.25 bits per heavy atom. The summed E-state index contributed by atoms with van der Waals surface area (Å²) in [7, 11) is 0. The van der Waals surface area contributed by atoms with E-state index in [9.17, 15) is 9.59 Å². The number of carbonyl (C=O) groups is 2. The predicted molar refractivity (Wildman–Crippen MR) is 101 cm³/mol. The van der Waals surface area contributed by atoms with Crippen molar-refractivity contribution in [2.75, 3.05) is 0 Å². The third-order valence-electron chi connectivity index (χ3n) is 4.20. The number of aromatic amines is 1. The molecule has 0 aliphatic heterocycles. The van der Waals surface area contributed by atoms with Gasteiger partial charge in [-0.15, -0.1) is 0 Å². The van der Waals surface area contributed by atoms with Crippen LogP contribution in [0.25, 0.3) is 12.2 Å². The lowest BCUT2D eigenvalue weighted by molar-refractivity contribution is -0.127. The van der Waals surface area contributed by atoms with Crippen LogP contribution in [-0.2, 0) is 16.0 Å². The van der Waals surface area contributed by atoms with Crippen molar-refractivity contribution in [3.8, 4) is 0 Å². The quantitative estimate of drug-likeness (QED) is 0.823. The van der Waals surface area contributed by atoms with Gasteiger partial charge in [0.1, 0.15) is 0 Å². The van der Waals surface area contributed by atoms with Gasteiger partial charge in [0.2, 0.25) is 5.91 Å². The fourth-order valence-corrected chi connectivity index (χ4v) is 2.70. The third-order valence-corrected chi connectivity index (χ3v) is 4.20. The van der Waals surface area contributed by atoms with E-state index in [0.29, 0.717) is 0 Å². The summed E-state index contributed by atoms with van der Waals surface area (Å²) in [5.74, 6) is 0.0509. The molecule has 2 rings (SSSR count). The Morgan fingerprint density at radius 2 is 1.92 bits per heavy atom. The Bertz CT molecular complexity index is 611. The molecule has 1 aliphatic rings. The molecule has 1 aromatic rings. The Balaban J connectivity index is 0.00000139. The smallest absolute Gasteiger partial charge is 0.225 e. The molecule has 4 heteroatoms. The molecule has 1 unspecified atom stereocenters. The molecule has 132 valence electrons. The lowest BCUT2D eigenvalue weighted by Crippen LogP contribution is -2.44. The van der Waals surface area contributed by atoms with Gasteiger partial charge in [0.15, 0.2) is 5.78 Å². The summed E-state index contributed by atoms with van der Waals surface area (Å²) in [5.41, 5.74) is 3.05. The molecule has 0 bridgehead atoms. The summed E-state index contributed by atoms with van der Waals surface area (Å²) in [4.78, 5) is 27.2. The average Bonchev–Trinajstić information content (AvgIpc) is 2.81. The monoisotopic (exact) mass is 330 g/mol. The van der Waals surface area contributed by atoms with Gasteiger partial charge in [-0.2, -0.15) is 0 Å². The number of carbonyl (C=O) groups excluding carboxylic acids is 2. The molecule has 4 nitrogen and oxygen atoms in total. The van der Waals surface area contributed by atoms with E-state index in [-0.39, 0.29) is 24.0 Å². The van der Waals surface area contributed by atoms with Crippen LogP contribution < -0.4 is 5.32 Å². The number of hydrogen-bond acceptors (Lipinski definition) is 2. The first-order valence-electron chi connectivity index (χ1n) is 8.86. The number of ketones is 1. The lowest BCUT2D eigenvalue weighted by atomic mass is 9.95. The van der Waals surface area contributed by atoms with Gasteiger partial charge in [-0.05, 0) is 30.9 Å². The molecule has 0 spiro atoms. The molecule has 1 aromatic heterocycles. The van der Waals surface area contributed by atoms with Crippen molar-refractivity contribution in [3.05, 3.63) is 35.2 Å². The maximum absolute atomic E-state index is 12.3. The molecular formula is C20H30N2O2. The average molecular weight is 330 g/mol. The normalized spacial score (nSPS) is 14.7. The standard InChI is InChI=1S/C18H24N2O2.C2H6/c1-4-12(2)18(13(3)21)20-17(22)10-14-11-19-16-9-7-5-6-8-15(14)16;1-2/h6-9,11-12,18-19H,4-5,10H2,1-3H3,(H,20,22);1-2H3/t12-,18?;/m0./s1. The number of Topliss-reactive ketones (excluding diaryl/α,β-unsaturated/α-hetero) is 1. The van der Waals surface area contributed by atoms with Gasteiger partial charge in [0, 0.05) is 17.5 Å². The first-order chi connectivity index (χ1) is 11.5. The molecule has 1 heterocycles. The molecule has 2 atom stereocenters. The predicted octanol–water partition coefficient (Wildman–Crippen LogP) is 4.13. The van der Waals surface area contributed by atoms with Crippen molar-refractivity contribution in [2.45, 2.75) is 59.9 Å². The first kappa shape index (κ1) is 19.9. The number of fused-ring (bicyclic) bond motifs is 1. The summed E-state index contributed by atoms with van der Waals surface area (Å²) in [6.45, 7) is 9.55. The number of hydrogen-bond donors (Lipinski definition) is 2. The Kier molecular flexibility index (Phi) is 8.24. The van der Waals surface area contributed by atoms with Gasteiger partial charge in [-0.1, -0.05) is 52.3 Å². The summed E-state index contributed by atoms with van der Waals surface area (Å²) >= 11 is 0. The molecular weight excluding hydrogens is 300 g/mol.